The first kappa shape index (κ1) is 10.3. The Bertz CT molecular complexity index is 670. The second-order valence-corrected chi connectivity index (χ2v) is 4.31. The zero-order valence-electron chi connectivity index (χ0n) is 9.56. The molecular weight excluding hydrogens is 208 g/mol. The van der Waals surface area contributed by atoms with E-state index in [2.05, 4.69) is 54.6 Å². The maximum absolute atomic E-state index is 9.09. The number of aliphatic hydroxyl groups is 1. The summed E-state index contributed by atoms with van der Waals surface area (Å²) in [4.78, 5) is 0. The highest BCUT2D eigenvalue weighted by Gasteiger charge is 2.02. The molecule has 0 radical (unpaired) electrons. The molecule has 0 bridgehead atoms. The van der Waals surface area contributed by atoms with Gasteiger partial charge in [-0.05, 0) is 45.7 Å². The van der Waals surface area contributed by atoms with E-state index in [0.717, 1.165) is 6.42 Å². The summed E-state index contributed by atoms with van der Waals surface area (Å²) in [5, 5.41) is 14.1. The summed E-state index contributed by atoms with van der Waals surface area (Å²) in [6, 6.07) is 19.1. The second kappa shape index (κ2) is 4.19. The van der Waals surface area contributed by atoms with Crippen molar-refractivity contribution in [2.24, 2.45) is 0 Å². The first-order valence-corrected chi connectivity index (χ1v) is 5.90. The summed E-state index contributed by atoms with van der Waals surface area (Å²) in [6.07, 6.45) is 0.718. The van der Waals surface area contributed by atoms with Crippen molar-refractivity contribution in [2.75, 3.05) is 6.61 Å². The van der Waals surface area contributed by atoms with Gasteiger partial charge in [0.15, 0.2) is 0 Å². The fourth-order valence-corrected chi connectivity index (χ4v) is 2.37. The van der Waals surface area contributed by atoms with Crippen LogP contribution in [0, 0.1) is 0 Å². The maximum atomic E-state index is 9.09. The summed E-state index contributed by atoms with van der Waals surface area (Å²) in [6.45, 7) is 0.200. The predicted octanol–water partition coefficient (Wildman–Crippen LogP) is 3.53. The van der Waals surface area contributed by atoms with E-state index in [-0.39, 0.29) is 6.61 Å². The molecule has 3 aromatic carbocycles. The van der Waals surface area contributed by atoms with E-state index >= 15 is 0 Å². The molecule has 84 valence electrons. The molecule has 3 rings (SSSR count). The Hall–Kier alpha value is -1.86. The monoisotopic (exact) mass is 222 g/mol. The normalized spacial score (nSPS) is 11.1. The largest absolute Gasteiger partial charge is 0.396 e. The van der Waals surface area contributed by atoms with Crippen LogP contribution >= 0.6 is 0 Å². The summed E-state index contributed by atoms with van der Waals surface area (Å²) in [7, 11) is 0. The van der Waals surface area contributed by atoms with Crippen molar-refractivity contribution in [2.45, 2.75) is 6.42 Å². The molecular formula is C16H14O. The van der Waals surface area contributed by atoms with Crippen LogP contribution in [0.15, 0.2) is 54.6 Å². The van der Waals surface area contributed by atoms with Crippen molar-refractivity contribution < 1.29 is 5.11 Å². The minimum atomic E-state index is 0.200. The van der Waals surface area contributed by atoms with Crippen LogP contribution in [0.25, 0.3) is 21.5 Å². The van der Waals surface area contributed by atoms with Gasteiger partial charge >= 0.3 is 0 Å². The first-order valence-electron chi connectivity index (χ1n) is 5.90. The lowest BCUT2D eigenvalue weighted by Crippen LogP contribution is -1.91. The molecule has 0 aliphatic carbocycles. The molecule has 1 heteroatoms. The van der Waals surface area contributed by atoms with Gasteiger partial charge < -0.3 is 5.11 Å². The minimum Gasteiger partial charge on any atom is -0.396 e. The van der Waals surface area contributed by atoms with Crippen molar-refractivity contribution >= 4 is 21.5 Å². The fraction of sp³-hybridized carbons (Fsp3) is 0.125. The van der Waals surface area contributed by atoms with Crippen LogP contribution in [0.3, 0.4) is 0 Å². The molecule has 0 atom stereocenters. The van der Waals surface area contributed by atoms with Gasteiger partial charge in [0, 0.05) is 6.61 Å². The summed E-state index contributed by atoms with van der Waals surface area (Å²) < 4.78 is 0. The molecule has 0 spiro atoms. The van der Waals surface area contributed by atoms with Crippen molar-refractivity contribution in [3.63, 3.8) is 0 Å². The second-order valence-electron chi connectivity index (χ2n) is 4.31. The molecule has 0 aliphatic heterocycles. The number of hydrogen-bond acceptors (Lipinski definition) is 1. The zero-order chi connectivity index (χ0) is 11.7. The van der Waals surface area contributed by atoms with Crippen LogP contribution in [0.5, 0.6) is 0 Å². The molecule has 0 heterocycles. The lowest BCUT2D eigenvalue weighted by atomic mass is 9.98. The van der Waals surface area contributed by atoms with E-state index in [1.54, 1.807) is 0 Å². The van der Waals surface area contributed by atoms with E-state index in [1.165, 1.54) is 27.1 Å². The Morgan fingerprint density at radius 3 is 2.24 bits per heavy atom. The van der Waals surface area contributed by atoms with Crippen molar-refractivity contribution in [3.05, 3.63) is 60.2 Å². The van der Waals surface area contributed by atoms with Crippen molar-refractivity contribution in [1.82, 2.24) is 0 Å². The zero-order valence-corrected chi connectivity index (χ0v) is 9.56. The first-order chi connectivity index (χ1) is 8.38. The molecule has 0 unspecified atom stereocenters. The number of fused-ring (bicyclic) bond motifs is 2. The minimum absolute atomic E-state index is 0.200. The standard InChI is InChI=1S/C16H14O/c17-9-8-12-6-3-7-15-10-13-4-1-2-5-14(13)11-16(12)15/h1-7,10-11,17H,8-9H2. The lowest BCUT2D eigenvalue weighted by Gasteiger charge is -2.07. The van der Waals surface area contributed by atoms with Gasteiger partial charge in [-0.2, -0.15) is 0 Å². The lowest BCUT2D eigenvalue weighted by molar-refractivity contribution is 0.300. The van der Waals surface area contributed by atoms with E-state index in [9.17, 15) is 0 Å². The quantitative estimate of drug-likeness (QED) is 0.658. The summed E-state index contributed by atoms with van der Waals surface area (Å²) in [5.74, 6) is 0. The van der Waals surface area contributed by atoms with Gasteiger partial charge in [0.2, 0.25) is 0 Å². The van der Waals surface area contributed by atoms with Crippen molar-refractivity contribution in [1.29, 1.82) is 0 Å². The Morgan fingerprint density at radius 2 is 1.47 bits per heavy atom. The highest BCUT2D eigenvalue weighted by molar-refractivity contribution is 5.99. The van der Waals surface area contributed by atoms with Gasteiger partial charge in [0.1, 0.15) is 0 Å². The topological polar surface area (TPSA) is 20.2 Å². The number of aliphatic hydroxyl groups excluding tert-OH is 1. The SMILES string of the molecule is OCCc1cccc2cc3ccccc3cc12. The van der Waals surface area contributed by atoms with E-state index in [0.29, 0.717) is 0 Å². The third-order valence-electron chi connectivity index (χ3n) is 3.22. The molecule has 17 heavy (non-hydrogen) atoms. The third kappa shape index (κ3) is 1.79. The Kier molecular flexibility index (Phi) is 2.54. The third-order valence-corrected chi connectivity index (χ3v) is 3.22. The average Bonchev–Trinajstić information content (AvgIpc) is 2.37. The fourth-order valence-electron chi connectivity index (χ4n) is 2.37. The van der Waals surface area contributed by atoms with Crippen LogP contribution in [0.1, 0.15) is 5.56 Å². The van der Waals surface area contributed by atoms with Gasteiger partial charge in [-0.1, -0.05) is 42.5 Å². The highest BCUT2D eigenvalue weighted by atomic mass is 16.2. The van der Waals surface area contributed by atoms with Crippen LogP contribution in [-0.4, -0.2) is 11.7 Å². The Balaban J connectivity index is 2.35. The van der Waals surface area contributed by atoms with E-state index in [1.807, 2.05) is 0 Å². The van der Waals surface area contributed by atoms with E-state index in [4.69, 9.17) is 5.11 Å². The number of rotatable bonds is 2. The van der Waals surface area contributed by atoms with Crippen LogP contribution in [0.4, 0.5) is 0 Å². The molecule has 0 saturated carbocycles. The van der Waals surface area contributed by atoms with Crippen LogP contribution < -0.4 is 0 Å². The van der Waals surface area contributed by atoms with Gasteiger partial charge in [-0.3, -0.25) is 0 Å². The van der Waals surface area contributed by atoms with Crippen LogP contribution in [-0.2, 0) is 6.42 Å². The van der Waals surface area contributed by atoms with Gasteiger partial charge in [-0.25, -0.2) is 0 Å². The maximum Gasteiger partial charge on any atom is 0.0471 e. The molecule has 3 aromatic rings. The smallest absolute Gasteiger partial charge is 0.0471 e. The van der Waals surface area contributed by atoms with Crippen LogP contribution in [0.2, 0.25) is 0 Å². The Morgan fingerprint density at radius 1 is 0.765 bits per heavy atom. The number of hydrogen-bond donors (Lipinski definition) is 1. The molecule has 0 amide bonds. The van der Waals surface area contributed by atoms with Gasteiger partial charge in [-0.15, -0.1) is 0 Å². The molecule has 0 saturated heterocycles. The number of benzene rings is 3. The van der Waals surface area contributed by atoms with Gasteiger partial charge in [0.25, 0.3) is 0 Å². The molecule has 0 aliphatic rings. The summed E-state index contributed by atoms with van der Waals surface area (Å²) >= 11 is 0. The highest BCUT2D eigenvalue weighted by Crippen LogP contribution is 2.25. The molecule has 1 N–H and O–H groups in total. The van der Waals surface area contributed by atoms with Crippen molar-refractivity contribution in [3.8, 4) is 0 Å². The average molecular weight is 222 g/mol. The molecule has 1 nitrogen and oxygen atoms in total. The molecule has 0 aromatic heterocycles. The van der Waals surface area contributed by atoms with E-state index < -0.39 is 0 Å². The molecule has 0 fully saturated rings. The predicted molar refractivity (Wildman–Crippen MR) is 72.2 cm³/mol. The Labute approximate surface area is 100 Å². The summed E-state index contributed by atoms with van der Waals surface area (Å²) in [5.41, 5.74) is 1.22. The van der Waals surface area contributed by atoms with Gasteiger partial charge in [0.05, 0.1) is 0 Å².